The predicted octanol–water partition coefficient (Wildman–Crippen LogP) is 2.64. The summed E-state index contributed by atoms with van der Waals surface area (Å²) in [6.07, 6.45) is 5.61. The van der Waals surface area contributed by atoms with Crippen molar-refractivity contribution in [1.82, 2.24) is 10.2 Å². The first-order valence-corrected chi connectivity index (χ1v) is 7.89. The van der Waals surface area contributed by atoms with Crippen LogP contribution in [0.25, 0.3) is 0 Å². The standard InChI is InChI=1S/C17H24N2O.ClH/c20-17(16-7-4-10-18-16)19-11-8-15(9-12-19)13-14-5-2-1-3-6-14;/h1-3,5-6,15-16,18H,4,7-13H2;1H/t16-;/m0./s1. The van der Waals surface area contributed by atoms with Crippen molar-refractivity contribution in [3.8, 4) is 0 Å². The number of rotatable bonds is 3. The number of halogens is 1. The summed E-state index contributed by atoms with van der Waals surface area (Å²) in [5.74, 6) is 1.07. The highest BCUT2D eigenvalue weighted by Crippen LogP contribution is 2.22. The van der Waals surface area contributed by atoms with Crippen LogP contribution < -0.4 is 5.32 Å². The van der Waals surface area contributed by atoms with E-state index in [9.17, 15) is 4.79 Å². The summed E-state index contributed by atoms with van der Waals surface area (Å²) in [4.78, 5) is 14.4. The first-order valence-electron chi connectivity index (χ1n) is 7.89. The Morgan fingerprint density at radius 1 is 1.14 bits per heavy atom. The van der Waals surface area contributed by atoms with E-state index in [0.29, 0.717) is 5.91 Å². The monoisotopic (exact) mass is 308 g/mol. The summed E-state index contributed by atoms with van der Waals surface area (Å²) < 4.78 is 0. The first-order chi connectivity index (χ1) is 9.83. The number of carbonyl (C=O) groups excluding carboxylic acids is 1. The molecule has 1 N–H and O–H groups in total. The average molecular weight is 309 g/mol. The zero-order valence-electron chi connectivity index (χ0n) is 12.5. The van der Waals surface area contributed by atoms with Gasteiger partial charge < -0.3 is 10.2 Å². The highest BCUT2D eigenvalue weighted by molar-refractivity contribution is 5.85. The van der Waals surface area contributed by atoms with Crippen LogP contribution in [-0.2, 0) is 11.2 Å². The van der Waals surface area contributed by atoms with Crippen molar-refractivity contribution in [3.05, 3.63) is 35.9 Å². The maximum Gasteiger partial charge on any atom is 0.239 e. The first kappa shape index (κ1) is 16.3. The molecule has 1 amide bonds. The van der Waals surface area contributed by atoms with Gasteiger partial charge in [-0.3, -0.25) is 4.79 Å². The Balaban J connectivity index is 0.00000161. The van der Waals surface area contributed by atoms with Gasteiger partial charge in [0.2, 0.25) is 5.91 Å². The SMILES string of the molecule is Cl.O=C([C@@H]1CCCN1)N1CCC(Cc2ccccc2)CC1. The summed E-state index contributed by atoms with van der Waals surface area (Å²) in [6, 6.07) is 10.8. The highest BCUT2D eigenvalue weighted by atomic mass is 35.5. The van der Waals surface area contributed by atoms with E-state index in [-0.39, 0.29) is 18.4 Å². The molecule has 2 aliphatic rings. The molecule has 0 aromatic heterocycles. The molecule has 1 aromatic carbocycles. The third-order valence-corrected chi connectivity index (χ3v) is 4.65. The van der Waals surface area contributed by atoms with E-state index in [1.165, 1.54) is 5.56 Å². The molecule has 21 heavy (non-hydrogen) atoms. The van der Waals surface area contributed by atoms with E-state index in [0.717, 1.165) is 57.7 Å². The van der Waals surface area contributed by atoms with Crippen molar-refractivity contribution in [3.63, 3.8) is 0 Å². The third-order valence-electron chi connectivity index (χ3n) is 4.65. The predicted molar refractivity (Wildman–Crippen MR) is 87.7 cm³/mol. The summed E-state index contributed by atoms with van der Waals surface area (Å²) in [5.41, 5.74) is 1.43. The van der Waals surface area contributed by atoms with Crippen LogP contribution in [0.1, 0.15) is 31.2 Å². The molecule has 1 aromatic rings. The van der Waals surface area contributed by atoms with Gasteiger partial charge in [0.15, 0.2) is 0 Å². The molecule has 0 bridgehead atoms. The average Bonchev–Trinajstić information content (AvgIpc) is 3.03. The summed E-state index contributed by atoms with van der Waals surface area (Å²) in [5, 5.41) is 3.31. The molecule has 0 aliphatic carbocycles. The van der Waals surface area contributed by atoms with Crippen LogP contribution in [0.5, 0.6) is 0 Å². The zero-order chi connectivity index (χ0) is 13.8. The van der Waals surface area contributed by atoms with Crippen molar-refractivity contribution in [2.45, 2.75) is 38.1 Å². The van der Waals surface area contributed by atoms with Gasteiger partial charge in [-0.25, -0.2) is 0 Å². The second-order valence-electron chi connectivity index (χ2n) is 6.11. The van der Waals surface area contributed by atoms with Crippen LogP contribution >= 0.6 is 12.4 Å². The van der Waals surface area contributed by atoms with E-state index in [4.69, 9.17) is 0 Å². The third kappa shape index (κ3) is 4.21. The van der Waals surface area contributed by atoms with E-state index in [2.05, 4.69) is 40.5 Å². The number of nitrogens with one attached hydrogen (secondary N) is 1. The molecular formula is C17H25ClN2O. The van der Waals surface area contributed by atoms with Crippen molar-refractivity contribution in [1.29, 1.82) is 0 Å². The van der Waals surface area contributed by atoms with Gasteiger partial charge in [0.25, 0.3) is 0 Å². The lowest BCUT2D eigenvalue weighted by molar-refractivity contribution is -0.134. The van der Waals surface area contributed by atoms with Gasteiger partial charge in [0.1, 0.15) is 0 Å². The quantitative estimate of drug-likeness (QED) is 0.931. The van der Waals surface area contributed by atoms with Gasteiger partial charge in [-0.2, -0.15) is 0 Å². The summed E-state index contributed by atoms with van der Waals surface area (Å²) in [6.45, 7) is 2.88. The molecule has 3 nitrogen and oxygen atoms in total. The molecule has 0 unspecified atom stereocenters. The lowest BCUT2D eigenvalue weighted by Gasteiger charge is -2.33. The molecule has 116 valence electrons. The van der Waals surface area contributed by atoms with Crippen LogP contribution in [0.4, 0.5) is 0 Å². The summed E-state index contributed by atoms with van der Waals surface area (Å²) in [7, 11) is 0. The Kier molecular flexibility index (Phi) is 6.07. The second kappa shape index (κ2) is 7.81. The Hall–Kier alpha value is -1.06. The molecule has 2 fully saturated rings. The fourth-order valence-electron chi connectivity index (χ4n) is 3.42. The molecule has 0 radical (unpaired) electrons. The smallest absolute Gasteiger partial charge is 0.239 e. The lowest BCUT2D eigenvalue weighted by atomic mass is 9.90. The highest BCUT2D eigenvalue weighted by Gasteiger charge is 2.29. The number of hydrogen-bond donors (Lipinski definition) is 1. The number of carbonyl (C=O) groups is 1. The largest absolute Gasteiger partial charge is 0.341 e. The van der Waals surface area contributed by atoms with Crippen molar-refractivity contribution in [2.24, 2.45) is 5.92 Å². The number of benzene rings is 1. The fraction of sp³-hybridized carbons (Fsp3) is 0.588. The van der Waals surface area contributed by atoms with Crippen LogP contribution in [0.15, 0.2) is 30.3 Å². The summed E-state index contributed by atoms with van der Waals surface area (Å²) >= 11 is 0. The number of likely N-dealkylation sites (tertiary alicyclic amines) is 1. The molecule has 2 heterocycles. The minimum Gasteiger partial charge on any atom is -0.341 e. The minimum absolute atomic E-state index is 0. The number of piperidine rings is 1. The molecule has 2 saturated heterocycles. The Morgan fingerprint density at radius 3 is 2.48 bits per heavy atom. The van der Waals surface area contributed by atoms with Gasteiger partial charge in [0.05, 0.1) is 6.04 Å². The fourth-order valence-corrected chi connectivity index (χ4v) is 3.42. The normalized spacial score (nSPS) is 22.9. The minimum atomic E-state index is 0. The molecule has 2 aliphatic heterocycles. The van der Waals surface area contributed by atoms with Crippen LogP contribution in [-0.4, -0.2) is 36.5 Å². The van der Waals surface area contributed by atoms with Crippen LogP contribution in [0.2, 0.25) is 0 Å². The van der Waals surface area contributed by atoms with Gasteiger partial charge in [-0.1, -0.05) is 30.3 Å². The molecule has 0 saturated carbocycles. The van der Waals surface area contributed by atoms with Crippen molar-refractivity contribution < 1.29 is 4.79 Å². The second-order valence-corrected chi connectivity index (χ2v) is 6.11. The maximum atomic E-state index is 12.3. The van der Waals surface area contributed by atoms with Gasteiger partial charge in [0, 0.05) is 13.1 Å². The van der Waals surface area contributed by atoms with E-state index in [1.807, 2.05) is 0 Å². The molecule has 3 rings (SSSR count). The van der Waals surface area contributed by atoms with E-state index in [1.54, 1.807) is 0 Å². The maximum absolute atomic E-state index is 12.3. The Bertz CT molecular complexity index is 437. The van der Waals surface area contributed by atoms with Crippen molar-refractivity contribution >= 4 is 18.3 Å². The lowest BCUT2D eigenvalue weighted by Crippen LogP contribution is -2.47. The van der Waals surface area contributed by atoms with Crippen LogP contribution in [0.3, 0.4) is 0 Å². The molecule has 4 heteroatoms. The van der Waals surface area contributed by atoms with Gasteiger partial charge in [-0.15, -0.1) is 12.4 Å². The molecule has 0 spiro atoms. The van der Waals surface area contributed by atoms with E-state index < -0.39 is 0 Å². The number of hydrogen-bond acceptors (Lipinski definition) is 2. The van der Waals surface area contributed by atoms with Crippen LogP contribution in [0, 0.1) is 5.92 Å². The van der Waals surface area contributed by atoms with Gasteiger partial charge >= 0.3 is 0 Å². The number of nitrogens with zero attached hydrogens (tertiary/aromatic N) is 1. The topological polar surface area (TPSA) is 32.3 Å². The van der Waals surface area contributed by atoms with Gasteiger partial charge in [-0.05, 0) is 50.1 Å². The van der Waals surface area contributed by atoms with E-state index >= 15 is 0 Å². The number of amides is 1. The molecular weight excluding hydrogens is 284 g/mol. The Morgan fingerprint density at radius 2 is 1.86 bits per heavy atom. The van der Waals surface area contributed by atoms with Crippen molar-refractivity contribution in [2.75, 3.05) is 19.6 Å². The molecule has 1 atom stereocenters. The zero-order valence-corrected chi connectivity index (χ0v) is 13.3. The Labute approximate surface area is 133 Å².